The van der Waals surface area contributed by atoms with Gasteiger partial charge in [0.05, 0.1) is 69.8 Å². The number of thiol groups is 1. The number of rotatable bonds is 33. The molecule has 1 aliphatic heterocycles. The lowest BCUT2D eigenvalue weighted by atomic mass is 9.93. The number of carboxylic acid groups (broad SMARTS) is 1. The smallest absolute Gasteiger partial charge is 0.345 e. The maximum Gasteiger partial charge on any atom is 0.345 e. The Morgan fingerprint density at radius 2 is 1.51 bits per heavy atom. The van der Waals surface area contributed by atoms with Gasteiger partial charge in [0.15, 0.2) is 6.10 Å². The zero-order valence-electron chi connectivity index (χ0n) is 45.1. The molecular weight excluding hydrogens is 964 g/mol. The van der Waals surface area contributed by atoms with E-state index < -0.39 is 35.3 Å². The fraction of sp³-hybridized carbons (Fsp3) is 0.648. The fourth-order valence-corrected chi connectivity index (χ4v) is 7.07. The van der Waals surface area contributed by atoms with Gasteiger partial charge in [0.25, 0.3) is 0 Å². The van der Waals surface area contributed by atoms with Crippen molar-refractivity contribution < 1.29 is 57.5 Å². The molecule has 1 fully saturated rings. The molecule has 3 rings (SSSR count). The Kier molecular flexibility index (Phi) is 32.7. The molecule has 0 saturated carbocycles. The summed E-state index contributed by atoms with van der Waals surface area (Å²) in [7, 11) is 3.67. The molecule has 4 N–H and O–H groups in total. The van der Waals surface area contributed by atoms with Gasteiger partial charge in [-0.2, -0.15) is 12.6 Å². The van der Waals surface area contributed by atoms with Crippen molar-refractivity contribution in [1.82, 2.24) is 20.9 Å². The summed E-state index contributed by atoms with van der Waals surface area (Å²) in [6, 6.07) is 14.2. The van der Waals surface area contributed by atoms with Crippen molar-refractivity contribution >= 4 is 53.9 Å². The summed E-state index contributed by atoms with van der Waals surface area (Å²) in [5, 5.41) is 18.0. The van der Waals surface area contributed by atoms with E-state index in [0.717, 1.165) is 42.8 Å². The normalized spacial score (nSPS) is 15.1. The lowest BCUT2D eigenvalue weighted by Crippen LogP contribution is -2.45. The van der Waals surface area contributed by atoms with Crippen LogP contribution in [-0.4, -0.2) is 137 Å². The second-order valence-electron chi connectivity index (χ2n) is 19.3. The van der Waals surface area contributed by atoms with E-state index in [1.54, 1.807) is 27.0 Å². The molecule has 3 amide bonds. The minimum Gasteiger partial charge on any atom is -0.495 e. The van der Waals surface area contributed by atoms with Crippen LogP contribution in [0.2, 0.25) is 5.02 Å². The van der Waals surface area contributed by atoms with E-state index >= 15 is 0 Å². The molecule has 408 valence electrons. The summed E-state index contributed by atoms with van der Waals surface area (Å²) >= 11 is 10.2. The van der Waals surface area contributed by atoms with E-state index in [0.29, 0.717) is 64.1 Å². The Labute approximate surface area is 440 Å². The van der Waals surface area contributed by atoms with Gasteiger partial charge in [0.2, 0.25) is 17.7 Å². The van der Waals surface area contributed by atoms with Crippen molar-refractivity contribution in [3.63, 3.8) is 0 Å². The number of likely N-dealkylation sites (N-methyl/N-ethyl adjacent to an activating group) is 1. The zero-order valence-corrected chi connectivity index (χ0v) is 46.8. The number of carbonyl (C=O) groups excluding carboxylic acids is 4. The SMILES string of the molecule is CC.CC(C)C[C@H](OC(=O)C(C)(C)CNC(=O)CNC(=O)/C=C/CC[C@H](C)[C@H]1OC1c1ccc(CN(C)CCOCCOCCOCCNC(=O)CCC(C)(C)S)cc1)C(=O)O.COc1ccc(C)cc1Cl. The predicted octanol–water partition coefficient (Wildman–Crippen LogP) is 8.17. The van der Waals surface area contributed by atoms with Crippen LogP contribution in [-0.2, 0) is 54.2 Å². The molecule has 0 radical (unpaired) electrons. The first-order chi connectivity index (χ1) is 34.0. The molecule has 1 saturated heterocycles. The van der Waals surface area contributed by atoms with Gasteiger partial charge in [-0.1, -0.05) is 96.5 Å². The summed E-state index contributed by atoms with van der Waals surface area (Å²) in [4.78, 5) is 62.6. The highest BCUT2D eigenvalue weighted by molar-refractivity contribution is 7.81. The molecule has 0 spiro atoms. The van der Waals surface area contributed by atoms with Crippen molar-refractivity contribution in [2.24, 2.45) is 17.3 Å². The van der Waals surface area contributed by atoms with Gasteiger partial charge in [-0.15, -0.1) is 0 Å². The number of amides is 3. The molecule has 18 heteroatoms. The Balaban J connectivity index is 0.00000189. The van der Waals surface area contributed by atoms with E-state index in [9.17, 15) is 29.1 Å². The minimum absolute atomic E-state index is 0.0118. The van der Waals surface area contributed by atoms with E-state index in [1.807, 2.05) is 66.7 Å². The number of hydrogen-bond acceptors (Lipinski definition) is 13. The Hall–Kier alpha value is -4.23. The first-order valence-electron chi connectivity index (χ1n) is 25.1. The first kappa shape index (κ1) is 65.8. The molecule has 1 aliphatic rings. The van der Waals surface area contributed by atoms with E-state index in [-0.39, 0.29) is 54.2 Å². The molecule has 72 heavy (non-hydrogen) atoms. The number of benzene rings is 2. The molecule has 4 atom stereocenters. The van der Waals surface area contributed by atoms with Crippen molar-refractivity contribution in [3.05, 3.63) is 76.3 Å². The number of carbonyl (C=O) groups is 5. The molecule has 2 aromatic carbocycles. The van der Waals surface area contributed by atoms with Gasteiger partial charge < -0.3 is 49.5 Å². The first-order valence-corrected chi connectivity index (χ1v) is 25.9. The van der Waals surface area contributed by atoms with E-state index in [2.05, 4.69) is 71.7 Å². The van der Waals surface area contributed by atoms with Crippen molar-refractivity contribution in [2.45, 2.75) is 131 Å². The number of nitrogens with one attached hydrogen (secondary N) is 3. The summed E-state index contributed by atoms with van der Waals surface area (Å²) in [5.41, 5.74) is 2.33. The van der Waals surface area contributed by atoms with Gasteiger partial charge in [-0.25, -0.2) is 4.79 Å². The van der Waals surface area contributed by atoms with Crippen LogP contribution in [0, 0.1) is 24.2 Å². The van der Waals surface area contributed by atoms with Crippen LogP contribution < -0.4 is 20.7 Å². The number of allylic oxidation sites excluding steroid dienone is 1. The minimum atomic E-state index is -1.26. The number of nitrogens with zero attached hydrogens (tertiary/aromatic N) is 1. The second kappa shape index (κ2) is 35.8. The Morgan fingerprint density at radius 3 is 2.10 bits per heavy atom. The quantitative estimate of drug-likeness (QED) is 0.0151. The number of esters is 1. The number of aryl methyl sites for hydroxylation is 1. The van der Waals surface area contributed by atoms with Crippen LogP contribution >= 0.6 is 24.2 Å². The number of hydrogen-bond donors (Lipinski definition) is 5. The lowest BCUT2D eigenvalue weighted by molar-refractivity contribution is -0.171. The Bertz CT molecular complexity index is 1930. The second-order valence-corrected chi connectivity index (χ2v) is 21.0. The van der Waals surface area contributed by atoms with Crippen LogP contribution in [0.1, 0.15) is 117 Å². The van der Waals surface area contributed by atoms with Crippen LogP contribution in [0.4, 0.5) is 0 Å². The van der Waals surface area contributed by atoms with Crippen molar-refractivity contribution in [3.8, 4) is 5.75 Å². The maximum atomic E-state index is 12.6. The molecule has 1 unspecified atom stereocenters. The third-order valence-electron chi connectivity index (χ3n) is 11.0. The average Bonchev–Trinajstić information content (AvgIpc) is 4.13. The number of methoxy groups -OCH3 is 1. The largest absolute Gasteiger partial charge is 0.495 e. The monoisotopic (exact) mass is 1050 g/mol. The molecule has 0 bridgehead atoms. The van der Waals surface area contributed by atoms with E-state index in [4.69, 9.17) is 40.0 Å². The van der Waals surface area contributed by atoms with Gasteiger partial charge in [0, 0.05) is 37.3 Å². The predicted molar refractivity (Wildman–Crippen MR) is 287 cm³/mol. The number of carboxylic acids is 1. The zero-order chi connectivity index (χ0) is 54.3. The number of ether oxygens (including phenoxy) is 6. The number of halogens is 1. The molecular formula is C54H87ClN4O12S. The van der Waals surface area contributed by atoms with Gasteiger partial charge in [-0.3, -0.25) is 24.1 Å². The number of epoxide rings is 1. The van der Waals surface area contributed by atoms with Gasteiger partial charge in [-0.05, 0) is 100 Å². The summed E-state index contributed by atoms with van der Waals surface area (Å²) in [6.07, 6.45) is 4.97. The van der Waals surface area contributed by atoms with E-state index in [1.165, 1.54) is 11.6 Å². The highest BCUT2D eigenvalue weighted by Gasteiger charge is 2.43. The lowest BCUT2D eigenvalue weighted by Gasteiger charge is -2.25. The standard InChI is InChI=1S/C44H72N4O11S.C8H9ClO.C2H6/c1-31(2)27-35(41(52)53)58-42(54)43(4,5)30-47-38(51)28-46-36(49)12-10-9-11-32(3)39-40(59-39)34-15-13-33(14-16-34)29-48(8)20-22-56-24-26-57-25-23-55-21-19-45-37(50)17-18-44(6,7)60;1-6-3-4-8(10-2)7(9)5-6;1-2/h10,12-16,31-32,35,39-40,60H,9,11,17-30H2,1-8H3,(H,45,50)(H,46,49)(H,47,51)(H,52,53);3-5H,1-2H3;1-2H3/b12-10+;;/t32-,35-,39+,40?;;/m0../s1. The maximum absolute atomic E-state index is 12.6. The van der Waals surface area contributed by atoms with Gasteiger partial charge in [0.1, 0.15) is 11.9 Å². The third kappa shape index (κ3) is 30.1. The van der Waals surface area contributed by atoms with Crippen LogP contribution in [0.15, 0.2) is 54.6 Å². The topological polar surface area (TPSA) is 204 Å². The number of aliphatic carboxylic acids is 1. The van der Waals surface area contributed by atoms with Crippen LogP contribution in [0.5, 0.6) is 5.75 Å². The summed E-state index contributed by atoms with van der Waals surface area (Å²) < 4.78 is 32.8. The average molecular weight is 1050 g/mol. The third-order valence-corrected chi connectivity index (χ3v) is 11.5. The van der Waals surface area contributed by atoms with Gasteiger partial charge >= 0.3 is 11.9 Å². The molecule has 0 aliphatic carbocycles. The van der Waals surface area contributed by atoms with Crippen molar-refractivity contribution in [1.29, 1.82) is 0 Å². The highest BCUT2D eigenvalue weighted by Crippen LogP contribution is 2.44. The summed E-state index contributed by atoms with van der Waals surface area (Å²) in [6.45, 7) is 23.6. The molecule has 2 aromatic rings. The molecule has 16 nitrogen and oxygen atoms in total. The highest BCUT2D eigenvalue weighted by atomic mass is 35.5. The summed E-state index contributed by atoms with van der Waals surface area (Å²) in [5.74, 6) is -1.78. The van der Waals surface area contributed by atoms with Crippen LogP contribution in [0.3, 0.4) is 0 Å². The van der Waals surface area contributed by atoms with Crippen molar-refractivity contribution in [2.75, 3.05) is 80.0 Å². The molecule has 0 aromatic heterocycles. The Morgan fingerprint density at radius 1 is 0.889 bits per heavy atom. The molecule has 1 heterocycles. The van der Waals surface area contributed by atoms with Crippen LogP contribution in [0.25, 0.3) is 0 Å². The fourth-order valence-electron chi connectivity index (χ4n) is 6.64.